The van der Waals surface area contributed by atoms with Crippen LogP contribution in [-0.4, -0.2) is 45.0 Å². The monoisotopic (exact) mass is 297 g/mol. The average molecular weight is 297 g/mol. The number of anilines is 1. The highest BCUT2D eigenvalue weighted by Crippen LogP contribution is 2.15. The maximum Gasteiger partial charge on any atom is 0.323 e. The fourth-order valence-corrected chi connectivity index (χ4v) is 2.25. The van der Waals surface area contributed by atoms with E-state index in [0.29, 0.717) is 5.69 Å². The zero-order valence-corrected chi connectivity index (χ0v) is 11.1. The molecular formula is C10H11N5O4S. The third kappa shape index (κ3) is 2.91. The van der Waals surface area contributed by atoms with Crippen LogP contribution in [0.3, 0.4) is 0 Å². The molecule has 2 rings (SSSR count). The molecule has 0 aliphatic heterocycles. The Labute approximate surface area is 114 Å². The summed E-state index contributed by atoms with van der Waals surface area (Å²) in [7, 11) is -3.98. The fourth-order valence-electron chi connectivity index (χ4n) is 1.35. The summed E-state index contributed by atoms with van der Waals surface area (Å²) in [5.74, 6) is -1.41. The molecule has 1 heterocycles. The van der Waals surface area contributed by atoms with Crippen molar-refractivity contribution < 1.29 is 18.3 Å². The number of tetrazole rings is 1. The Balaban J connectivity index is 2.18. The lowest BCUT2D eigenvalue weighted by atomic mass is 10.3. The van der Waals surface area contributed by atoms with E-state index in [2.05, 4.69) is 20.2 Å². The van der Waals surface area contributed by atoms with E-state index < -0.39 is 21.2 Å². The van der Waals surface area contributed by atoms with Crippen LogP contribution in [0.15, 0.2) is 30.6 Å². The number of carboxylic acid groups (broad SMARTS) is 1. The molecule has 106 valence electrons. The second kappa shape index (κ2) is 5.25. The van der Waals surface area contributed by atoms with Crippen LogP contribution in [0.25, 0.3) is 5.69 Å². The van der Waals surface area contributed by atoms with Gasteiger partial charge in [-0.2, -0.15) is 0 Å². The minimum absolute atomic E-state index is 0.259. The number of hydrogen-bond acceptors (Lipinski definition) is 6. The summed E-state index contributed by atoms with van der Waals surface area (Å²) < 4.78 is 27.1. The predicted molar refractivity (Wildman–Crippen MR) is 68.8 cm³/mol. The van der Waals surface area contributed by atoms with Crippen LogP contribution in [0.5, 0.6) is 0 Å². The first kappa shape index (κ1) is 13.9. The SMILES string of the molecule is CC(C(=O)O)S(=O)(=O)Nc1ccc(-n2cnnn2)cc1. The number of aliphatic carboxylic acids is 1. The smallest absolute Gasteiger partial charge is 0.323 e. The average Bonchev–Trinajstić information content (AvgIpc) is 2.92. The summed E-state index contributed by atoms with van der Waals surface area (Å²) in [6.45, 7) is 1.10. The van der Waals surface area contributed by atoms with Crippen molar-refractivity contribution in [1.82, 2.24) is 20.2 Å². The van der Waals surface area contributed by atoms with Gasteiger partial charge in [-0.25, -0.2) is 13.1 Å². The lowest BCUT2D eigenvalue weighted by molar-refractivity contribution is -0.136. The first-order chi connectivity index (χ1) is 9.40. The number of carbonyl (C=O) groups is 1. The Morgan fingerprint density at radius 2 is 2.00 bits per heavy atom. The van der Waals surface area contributed by atoms with Gasteiger partial charge in [0.15, 0.2) is 5.25 Å². The number of aromatic nitrogens is 4. The van der Waals surface area contributed by atoms with Gasteiger partial charge >= 0.3 is 5.97 Å². The molecule has 0 fully saturated rings. The Kier molecular flexibility index (Phi) is 3.66. The van der Waals surface area contributed by atoms with Gasteiger partial charge in [0.25, 0.3) is 0 Å². The zero-order chi connectivity index (χ0) is 14.8. The predicted octanol–water partition coefficient (Wildman–Crippen LogP) is -0.123. The summed E-state index contributed by atoms with van der Waals surface area (Å²) in [6, 6.07) is 6.17. The number of hydrogen-bond donors (Lipinski definition) is 2. The van der Waals surface area contributed by atoms with Gasteiger partial charge in [-0.3, -0.25) is 9.52 Å². The minimum Gasteiger partial charge on any atom is -0.480 e. The van der Waals surface area contributed by atoms with Crippen molar-refractivity contribution in [3.05, 3.63) is 30.6 Å². The highest BCUT2D eigenvalue weighted by Gasteiger charge is 2.27. The Hall–Kier alpha value is -2.49. The van der Waals surface area contributed by atoms with Crippen LogP contribution in [0, 0.1) is 0 Å². The van der Waals surface area contributed by atoms with Crippen molar-refractivity contribution in [1.29, 1.82) is 0 Å². The highest BCUT2D eigenvalue weighted by atomic mass is 32.2. The molecule has 2 aromatic rings. The molecule has 9 nitrogen and oxygen atoms in total. The number of nitrogens with zero attached hydrogens (tertiary/aromatic N) is 4. The summed E-state index contributed by atoms with van der Waals surface area (Å²) in [4.78, 5) is 10.7. The molecule has 0 spiro atoms. The summed E-state index contributed by atoms with van der Waals surface area (Å²) >= 11 is 0. The van der Waals surface area contributed by atoms with E-state index in [1.54, 1.807) is 12.1 Å². The third-order valence-corrected chi connectivity index (χ3v) is 4.21. The lowest BCUT2D eigenvalue weighted by Gasteiger charge is -2.11. The molecule has 0 bridgehead atoms. The maximum absolute atomic E-state index is 11.7. The summed E-state index contributed by atoms with van der Waals surface area (Å²) in [5, 5.41) is 17.8. The molecule has 1 unspecified atom stereocenters. The van der Waals surface area contributed by atoms with E-state index in [9.17, 15) is 13.2 Å². The maximum atomic E-state index is 11.7. The summed E-state index contributed by atoms with van der Waals surface area (Å²) in [6.07, 6.45) is 1.39. The molecule has 2 N–H and O–H groups in total. The Morgan fingerprint density at radius 1 is 1.35 bits per heavy atom. The summed E-state index contributed by atoms with van der Waals surface area (Å²) in [5.41, 5.74) is 0.902. The van der Waals surface area contributed by atoms with Gasteiger partial charge in [-0.15, -0.1) is 5.10 Å². The van der Waals surface area contributed by atoms with Gasteiger partial charge in [-0.1, -0.05) is 0 Å². The van der Waals surface area contributed by atoms with Crippen LogP contribution < -0.4 is 4.72 Å². The van der Waals surface area contributed by atoms with Crippen LogP contribution in [-0.2, 0) is 14.8 Å². The van der Waals surface area contributed by atoms with Gasteiger partial charge in [0, 0.05) is 5.69 Å². The number of nitrogens with one attached hydrogen (secondary N) is 1. The van der Waals surface area contributed by atoms with Crippen LogP contribution in [0.4, 0.5) is 5.69 Å². The van der Waals surface area contributed by atoms with Crippen LogP contribution in [0.2, 0.25) is 0 Å². The van der Waals surface area contributed by atoms with Crippen LogP contribution >= 0.6 is 0 Å². The van der Waals surface area contributed by atoms with Crippen molar-refractivity contribution >= 4 is 21.7 Å². The molecule has 0 saturated carbocycles. The molecule has 0 saturated heterocycles. The van der Waals surface area contributed by atoms with Crippen molar-refractivity contribution in [2.75, 3.05) is 4.72 Å². The Bertz CT molecular complexity index is 696. The second-order valence-electron chi connectivity index (χ2n) is 3.93. The second-order valence-corrected chi connectivity index (χ2v) is 5.93. The number of carboxylic acids is 1. The van der Waals surface area contributed by atoms with Gasteiger partial charge in [0.2, 0.25) is 10.0 Å². The zero-order valence-electron chi connectivity index (χ0n) is 10.3. The molecule has 0 amide bonds. The van der Waals surface area contributed by atoms with E-state index in [1.165, 1.54) is 23.1 Å². The Morgan fingerprint density at radius 3 is 2.50 bits per heavy atom. The number of sulfonamides is 1. The van der Waals surface area contributed by atoms with Crippen LogP contribution in [0.1, 0.15) is 6.92 Å². The standard InChI is InChI=1S/C10H11N5O4S/c1-7(10(16)17)20(18,19)12-8-2-4-9(5-3-8)15-6-11-13-14-15/h2-7,12H,1H3,(H,16,17). The molecule has 20 heavy (non-hydrogen) atoms. The highest BCUT2D eigenvalue weighted by molar-refractivity contribution is 7.94. The normalized spacial score (nSPS) is 12.8. The molecule has 1 aromatic carbocycles. The van der Waals surface area contributed by atoms with E-state index in [1.807, 2.05) is 0 Å². The molecule has 10 heteroatoms. The van der Waals surface area contributed by atoms with Gasteiger partial charge in [0.05, 0.1) is 5.69 Å². The van der Waals surface area contributed by atoms with E-state index >= 15 is 0 Å². The lowest BCUT2D eigenvalue weighted by Crippen LogP contribution is -2.32. The third-order valence-electron chi connectivity index (χ3n) is 2.55. The van der Waals surface area contributed by atoms with E-state index in [0.717, 1.165) is 6.92 Å². The number of benzene rings is 1. The van der Waals surface area contributed by atoms with Crippen molar-refractivity contribution in [2.24, 2.45) is 0 Å². The first-order valence-corrected chi connectivity index (χ1v) is 7.02. The molecule has 1 atom stereocenters. The van der Waals surface area contributed by atoms with Gasteiger partial charge < -0.3 is 5.11 Å². The molecule has 0 radical (unpaired) electrons. The molecule has 1 aromatic heterocycles. The fraction of sp³-hybridized carbons (Fsp3) is 0.200. The van der Waals surface area contributed by atoms with E-state index in [4.69, 9.17) is 5.11 Å². The first-order valence-electron chi connectivity index (χ1n) is 5.48. The quantitative estimate of drug-likeness (QED) is 0.787. The van der Waals surface area contributed by atoms with Gasteiger partial charge in [0.1, 0.15) is 6.33 Å². The van der Waals surface area contributed by atoms with Gasteiger partial charge in [-0.05, 0) is 41.6 Å². The van der Waals surface area contributed by atoms with E-state index in [-0.39, 0.29) is 5.69 Å². The molecule has 0 aliphatic carbocycles. The minimum atomic E-state index is -3.98. The van der Waals surface area contributed by atoms with Crippen molar-refractivity contribution in [3.63, 3.8) is 0 Å². The molecule has 0 aliphatic rings. The molecular weight excluding hydrogens is 286 g/mol. The largest absolute Gasteiger partial charge is 0.480 e. The number of rotatable bonds is 5. The van der Waals surface area contributed by atoms with Crippen molar-refractivity contribution in [3.8, 4) is 5.69 Å². The topological polar surface area (TPSA) is 127 Å². The van der Waals surface area contributed by atoms with Crippen molar-refractivity contribution in [2.45, 2.75) is 12.2 Å².